The van der Waals surface area contributed by atoms with E-state index in [1.54, 1.807) is 0 Å². The largest absolute Gasteiger partial charge is 0.481 e. The average molecular weight is 344 g/mol. The summed E-state index contributed by atoms with van der Waals surface area (Å²) in [6.07, 6.45) is -3.39. The van der Waals surface area contributed by atoms with Gasteiger partial charge in [-0.15, -0.1) is 0 Å². The monoisotopic (exact) mass is 344 g/mol. The van der Waals surface area contributed by atoms with Crippen LogP contribution in [0, 0.1) is 11.3 Å². The van der Waals surface area contributed by atoms with E-state index in [0.29, 0.717) is 13.0 Å². The van der Waals surface area contributed by atoms with Crippen molar-refractivity contribution in [3.05, 3.63) is 29.6 Å². The standard InChI is InChI=1S/C15H15F3N2O4/c16-15(17,18)11-2-1-9(5-19-11)12(21)20-6-10-7-24-4-3-14(10,8-20)13(22)23/h1-2,5,10H,3-4,6-8H2,(H,22,23)/t10-,14+/m0/s1. The maximum Gasteiger partial charge on any atom is 0.433 e. The Morgan fingerprint density at radius 2 is 2.12 bits per heavy atom. The molecule has 2 fully saturated rings. The molecule has 6 nitrogen and oxygen atoms in total. The van der Waals surface area contributed by atoms with E-state index in [1.807, 2.05) is 0 Å². The smallest absolute Gasteiger partial charge is 0.433 e. The van der Waals surface area contributed by atoms with Crippen LogP contribution < -0.4 is 0 Å². The predicted octanol–water partition coefficient (Wildman–Crippen LogP) is 1.66. The third-order valence-electron chi connectivity index (χ3n) is 4.72. The lowest BCUT2D eigenvalue weighted by Crippen LogP contribution is -2.45. The Balaban J connectivity index is 1.80. The number of carbonyl (C=O) groups excluding carboxylic acids is 1. The number of hydrogen-bond donors (Lipinski definition) is 1. The van der Waals surface area contributed by atoms with Crippen LogP contribution in [0.15, 0.2) is 18.3 Å². The van der Waals surface area contributed by atoms with Crippen molar-refractivity contribution in [2.24, 2.45) is 11.3 Å². The number of nitrogens with zero attached hydrogens (tertiary/aromatic N) is 2. The van der Waals surface area contributed by atoms with Gasteiger partial charge in [0.15, 0.2) is 0 Å². The molecule has 0 bridgehead atoms. The molecule has 3 rings (SSSR count). The number of carboxylic acids is 1. The van der Waals surface area contributed by atoms with Gasteiger partial charge in [0.2, 0.25) is 0 Å². The number of aromatic nitrogens is 1. The van der Waals surface area contributed by atoms with Crippen LogP contribution in [0.1, 0.15) is 22.5 Å². The van der Waals surface area contributed by atoms with Crippen LogP contribution >= 0.6 is 0 Å². The summed E-state index contributed by atoms with van der Waals surface area (Å²) in [5.74, 6) is -1.82. The number of fused-ring (bicyclic) bond motifs is 1. The van der Waals surface area contributed by atoms with E-state index in [1.165, 1.54) is 4.90 Å². The average Bonchev–Trinajstić information content (AvgIpc) is 2.94. The van der Waals surface area contributed by atoms with Gasteiger partial charge in [-0.05, 0) is 18.6 Å². The van der Waals surface area contributed by atoms with E-state index in [9.17, 15) is 27.9 Å². The molecule has 130 valence electrons. The van der Waals surface area contributed by atoms with E-state index in [4.69, 9.17) is 4.74 Å². The van der Waals surface area contributed by atoms with Crippen molar-refractivity contribution in [1.82, 2.24) is 9.88 Å². The molecule has 1 aromatic rings. The van der Waals surface area contributed by atoms with Gasteiger partial charge in [0.1, 0.15) is 5.69 Å². The maximum atomic E-state index is 12.5. The highest BCUT2D eigenvalue weighted by Gasteiger charge is 2.55. The van der Waals surface area contributed by atoms with Crippen LogP contribution in [0.5, 0.6) is 0 Å². The Morgan fingerprint density at radius 1 is 1.38 bits per heavy atom. The van der Waals surface area contributed by atoms with Crippen molar-refractivity contribution in [2.75, 3.05) is 26.3 Å². The maximum absolute atomic E-state index is 12.5. The molecule has 0 aromatic carbocycles. The van der Waals surface area contributed by atoms with Crippen molar-refractivity contribution in [1.29, 1.82) is 0 Å². The fourth-order valence-electron chi connectivity index (χ4n) is 3.32. The minimum absolute atomic E-state index is 0.00287. The lowest BCUT2D eigenvalue weighted by atomic mass is 9.74. The number of carboxylic acid groups (broad SMARTS) is 1. The SMILES string of the molecule is O=C(c1ccc(C(F)(F)F)nc1)N1C[C@H]2COCC[C@@]2(C(=O)O)C1. The second-order valence-electron chi connectivity index (χ2n) is 6.10. The fourth-order valence-corrected chi connectivity index (χ4v) is 3.32. The first kappa shape index (κ1) is 16.7. The second-order valence-corrected chi connectivity index (χ2v) is 6.10. The molecule has 2 atom stereocenters. The lowest BCUT2D eigenvalue weighted by Gasteiger charge is -2.33. The summed E-state index contributed by atoms with van der Waals surface area (Å²) in [5.41, 5.74) is -2.12. The molecule has 0 unspecified atom stereocenters. The molecule has 2 aliphatic rings. The van der Waals surface area contributed by atoms with Crippen LogP contribution in [-0.4, -0.2) is 53.2 Å². The van der Waals surface area contributed by atoms with Crippen molar-refractivity contribution in [3.8, 4) is 0 Å². The number of carbonyl (C=O) groups is 2. The molecule has 1 aromatic heterocycles. The van der Waals surface area contributed by atoms with E-state index in [0.717, 1.165) is 18.3 Å². The highest BCUT2D eigenvalue weighted by Crippen LogP contribution is 2.42. The van der Waals surface area contributed by atoms with Crippen LogP contribution in [0.4, 0.5) is 13.2 Å². The number of aliphatic carboxylic acids is 1. The lowest BCUT2D eigenvalue weighted by molar-refractivity contribution is -0.157. The third-order valence-corrected chi connectivity index (χ3v) is 4.72. The summed E-state index contributed by atoms with van der Waals surface area (Å²) >= 11 is 0. The van der Waals surface area contributed by atoms with Crippen LogP contribution in [-0.2, 0) is 15.7 Å². The molecule has 2 aliphatic heterocycles. The molecule has 0 radical (unpaired) electrons. The number of halogens is 3. The summed E-state index contributed by atoms with van der Waals surface area (Å²) in [6.45, 7) is 0.788. The molecule has 24 heavy (non-hydrogen) atoms. The van der Waals surface area contributed by atoms with Gasteiger partial charge in [-0.1, -0.05) is 0 Å². The summed E-state index contributed by atoms with van der Waals surface area (Å²) in [7, 11) is 0. The van der Waals surface area contributed by atoms with Crippen molar-refractivity contribution >= 4 is 11.9 Å². The molecule has 0 saturated carbocycles. The van der Waals surface area contributed by atoms with E-state index in [2.05, 4.69) is 4.98 Å². The van der Waals surface area contributed by atoms with Crippen molar-refractivity contribution in [2.45, 2.75) is 12.6 Å². The van der Waals surface area contributed by atoms with Crippen LogP contribution in [0.25, 0.3) is 0 Å². The predicted molar refractivity (Wildman–Crippen MR) is 74.1 cm³/mol. The van der Waals surface area contributed by atoms with Gasteiger partial charge in [-0.25, -0.2) is 0 Å². The Labute approximate surface area is 135 Å². The van der Waals surface area contributed by atoms with Crippen molar-refractivity contribution < 1.29 is 32.6 Å². The molecule has 9 heteroatoms. The van der Waals surface area contributed by atoms with Gasteiger partial charge < -0.3 is 14.7 Å². The minimum atomic E-state index is -4.57. The number of amides is 1. The number of rotatable bonds is 2. The first-order valence-corrected chi connectivity index (χ1v) is 7.38. The number of alkyl halides is 3. The van der Waals surface area contributed by atoms with Crippen LogP contribution in [0.3, 0.4) is 0 Å². The Morgan fingerprint density at radius 3 is 2.67 bits per heavy atom. The zero-order valence-corrected chi connectivity index (χ0v) is 12.5. The number of pyridine rings is 1. The van der Waals surface area contributed by atoms with Crippen LogP contribution in [0.2, 0.25) is 0 Å². The summed E-state index contributed by atoms with van der Waals surface area (Å²) in [5, 5.41) is 9.56. The second kappa shape index (κ2) is 5.73. The Bertz CT molecular complexity index is 662. The normalized spacial score (nSPS) is 27.0. The Hall–Kier alpha value is -2.16. The molecule has 3 heterocycles. The van der Waals surface area contributed by atoms with Gasteiger partial charge in [-0.3, -0.25) is 14.6 Å². The summed E-state index contributed by atoms with van der Waals surface area (Å²) < 4.78 is 42.9. The van der Waals surface area contributed by atoms with Gasteiger partial charge in [0.05, 0.1) is 17.6 Å². The molecular weight excluding hydrogens is 329 g/mol. The van der Waals surface area contributed by atoms with E-state index < -0.39 is 29.2 Å². The number of likely N-dealkylation sites (tertiary alicyclic amines) is 1. The van der Waals surface area contributed by atoms with Gasteiger partial charge in [-0.2, -0.15) is 13.2 Å². The zero-order chi connectivity index (χ0) is 17.5. The first-order valence-electron chi connectivity index (χ1n) is 7.38. The summed E-state index contributed by atoms with van der Waals surface area (Å²) in [4.78, 5) is 28.8. The molecular formula is C15H15F3N2O4. The highest BCUT2D eigenvalue weighted by atomic mass is 19.4. The Kier molecular flexibility index (Phi) is 3.98. The first-order chi connectivity index (χ1) is 11.2. The fraction of sp³-hybridized carbons (Fsp3) is 0.533. The molecule has 0 spiro atoms. The minimum Gasteiger partial charge on any atom is -0.481 e. The van der Waals surface area contributed by atoms with E-state index in [-0.39, 0.29) is 31.2 Å². The van der Waals surface area contributed by atoms with Gasteiger partial charge in [0, 0.05) is 31.8 Å². The number of hydrogen-bond acceptors (Lipinski definition) is 4. The zero-order valence-electron chi connectivity index (χ0n) is 12.5. The molecule has 1 N–H and O–H groups in total. The molecule has 2 saturated heterocycles. The molecule has 0 aliphatic carbocycles. The molecule has 1 amide bonds. The highest BCUT2D eigenvalue weighted by molar-refractivity contribution is 5.95. The van der Waals surface area contributed by atoms with Gasteiger partial charge in [0.25, 0.3) is 5.91 Å². The topological polar surface area (TPSA) is 79.7 Å². The quantitative estimate of drug-likeness (QED) is 0.883. The summed E-state index contributed by atoms with van der Waals surface area (Å²) in [6, 6.07) is 1.80. The third kappa shape index (κ3) is 2.72. The number of ether oxygens (including phenoxy) is 1. The van der Waals surface area contributed by atoms with Gasteiger partial charge >= 0.3 is 12.1 Å². The van der Waals surface area contributed by atoms with Crippen molar-refractivity contribution in [3.63, 3.8) is 0 Å². The van der Waals surface area contributed by atoms with E-state index >= 15 is 0 Å².